The van der Waals surface area contributed by atoms with E-state index in [1.54, 1.807) is 0 Å². The maximum absolute atomic E-state index is 12.8. The summed E-state index contributed by atoms with van der Waals surface area (Å²) in [6.45, 7) is 0.277. The van der Waals surface area contributed by atoms with Crippen molar-refractivity contribution in [3.05, 3.63) is 29.8 Å². The summed E-state index contributed by atoms with van der Waals surface area (Å²) < 4.78 is 0. The number of aromatic hydroxyl groups is 1. The van der Waals surface area contributed by atoms with Gasteiger partial charge in [-0.1, -0.05) is 12.1 Å². The van der Waals surface area contributed by atoms with Gasteiger partial charge in [-0.2, -0.15) is 12.6 Å². The first kappa shape index (κ1) is 27.2. The van der Waals surface area contributed by atoms with Gasteiger partial charge in [-0.25, -0.2) is 4.79 Å². The van der Waals surface area contributed by atoms with Crippen LogP contribution in [0, 0.1) is 0 Å². The van der Waals surface area contributed by atoms with E-state index in [1.807, 2.05) is 5.32 Å². The van der Waals surface area contributed by atoms with Crippen molar-refractivity contribution in [3.8, 4) is 5.75 Å². The van der Waals surface area contributed by atoms with Crippen LogP contribution in [0.15, 0.2) is 24.3 Å². The summed E-state index contributed by atoms with van der Waals surface area (Å²) in [5.74, 6) is -4.07. The Morgan fingerprint density at radius 1 is 1.00 bits per heavy atom. The number of nitrogens with one attached hydrogen (secondary N) is 3. The molecule has 1 aromatic carbocycles. The number of carboxylic acid groups (broad SMARTS) is 1. The first-order chi connectivity index (χ1) is 15.0. The second kappa shape index (κ2) is 12.9. The second-order valence-electron chi connectivity index (χ2n) is 7.03. The minimum Gasteiger partial charge on any atom is -0.508 e. The van der Waals surface area contributed by atoms with Crippen LogP contribution in [0.2, 0.25) is 0 Å². The number of phenols is 1. The highest BCUT2D eigenvalue weighted by atomic mass is 32.1. The molecule has 0 saturated heterocycles. The molecule has 0 aliphatic heterocycles. The number of amides is 3. The van der Waals surface area contributed by atoms with E-state index in [-0.39, 0.29) is 17.9 Å². The molecule has 0 aromatic heterocycles. The van der Waals surface area contributed by atoms with Gasteiger partial charge in [-0.05, 0) is 24.6 Å². The smallest absolute Gasteiger partial charge is 0.328 e. The Kier molecular flexibility index (Phi) is 10.9. The van der Waals surface area contributed by atoms with Crippen molar-refractivity contribution in [2.45, 2.75) is 43.6 Å². The van der Waals surface area contributed by atoms with Crippen molar-refractivity contribution in [1.82, 2.24) is 16.0 Å². The van der Waals surface area contributed by atoms with Gasteiger partial charge in [0.2, 0.25) is 17.7 Å². The molecule has 0 saturated carbocycles. The zero-order chi connectivity index (χ0) is 24.4. The number of carboxylic acids is 1. The summed E-state index contributed by atoms with van der Waals surface area (Å²) in [6.07, 6.45) is -1.47. The van der Waals surface area contributed by atoms with E-state index >= 15 is 0 Å². The molecule has 12 nitrogen and oxygen atoms in total. The molecule has 1 aromatic rings. The highest BCUT2D eigenvalue weighted by Crippen LogP contribution is 2.12. The molecule has 0 radical (unpaired) electrons. The van der Waals surface area contributed by atoms with E-state index < -0.39 is 60.6 Å². The van der Waals surface area contributed by atoms with E-state index in [1.165, 1.54) is 24.3 Å². The molecular weight excluding hydrogens is 444 g/mol. The summed E-state index contributed by atoms with van der Waals surface area (Å²) in [4.78, 5) is 48.5. The van der Waals surface area contributed by atoms with Crippen LogP contribution in [-0.4, -0.2) is 86.7 Å². The molecule has 0 bridgehead atoms. The first-order valence-corrected chi connectivity index (χ1v) is 10.2. The minimum absolute atomic E-state index is 0.000930. The molecule has 5 atom stereocenters. The Hall–Kier alpha value is -2.87. The Labute approximate surface area is 189 Å². The average Bonchev–Trinajstić information content (AvgIpc) is 2.75. The lowest BCUT2D eigenvalue weighted by molar-refractivity contribution is -0.145. The zero-order valence-corrected chi connectivity index (χ0v) is 18.2. The van der Waals surface area contributed by atoms with E-state index in [0.29, 0.717) is 5.56 Å². The fourth-order valence-electron chi connectivity index (χ4n) is 2.55. The van der Waals surface area contributed by atoms with Gasteiger partial charge in [-0.3, -0.25) is 14.4 Å². The summed E-state index contributed by atoms with van der Waals surface area (Å²) in [7, 11) is 0. The molecule has 0 spiro atoms. The molecule has 0 aliphatic rings. The number of hydrogen-bond acceptors (Lipinski definition) is 9. The molecular formula is C19H28N4O8S. The topological polar surface area (TPSA) is 211 Å². The van der Waals surface area contributed by atoms with Crippen molar-refractivity contribution < 1.29 is 39.6 Å². The molecule has 32 heavy (non-hydrogen) atoms. The predicted octanol–water partition coefficient (Wildman–Crippen LogP) is -2.90. The van der Waals surface area contributed by atoms with Gasteiger partial charge in [0, 0.05) is 12.2 Å². The fraction of sp³-hybridized carbons (Fsp3) is 0.474. The molecule has 13 heteroatoms. The third kappa shape index (κ3) is 8.34. The third-order valence-corrected chi connectivity index (χ3v) is 4.80. The van der Waals surface area contributed by atoms with Crippen LogP contribution in [0.25, 0.3) is 0 Å². The number of benzene rings is 1. The zero-order valence-electron chi connectivity index (χ0n) is 17.3. The first-order valence-electron chi connectivity index (χ1n) is 9.57. The number of carbonyl (C=O) groups excluding carboxylic acids is 3. The molecule has 0 unspecified atom stereocenters. The molecule has 178 valence electrons. The predicted molar refractivity (Wildman–Crippen MR) is 116 cm³/mol. The van der Waals surface area contributed by atoms with E-state index in [9.17, 15) is 34.5 Å². The fourth-order valence-corrected chi connectivity index (χ4v) is 2.71. The Morgan fingerprint density at radius 2 is 1.53 bits per heavy atom. The van der Waals surface area contributed by atoms with Crippen LogP contribution >= 0.6 is 12.6 Å². The maximum Gasteiger partial charge on any atom is 0.328 e. The minimum atomic E-state index is -1.66. The number of hydrogen-bond donors (Lipinski definition) is 9. The average molecular weight is 473 g/mol. The number of phenolic OH excluding ortho intramolecular Hbond substituents is 1. The lowest BCUT2D eigenvalue weighted by Gasteiger charge is -2.25. The van der Waals surface area contributed by atoms with Crippen LogP contribution in [-0.2, 0) is 25.6 Å². The van der Waals surface area contributed by atoms with Crippen molar-refractivity contribution in [3.63, 3.8) is 0 Å². The Balaban J connectivity index is 2.99. The van der Waals surface area contributed by atoms with E-state index in [4.69, 9.17) is 10.8 Å². The van der Waals surface area contributed by atoms with E-state index in [0.717, 1.165) is 6.92 Å². The highest BCUT2D eigenvalue weighted by molar-refractivity contribution is 7.80. The number of thiol groups is 1. The lowest BCUT2D eigenvalue weighted by Crippen LogP contribution is -2.59. The SMILES string of the molecule is C[C@@H](O)[C@H](NC(=O)[C@H](CO)NC(=O)[C@H](Cc1ccc(O)cc1)NC(=O)[C@@H](N)CS)C(=O)O. The quantitative estimate of drug-likeness (QED) is 0.143. The van der Waals surface area contributed by atoms with Gasteiger partial charge in [-0.15, -0.1) is 0 Å². The summed E-state index contributed by atoms with van der Waals surface area (Å²) in [6, 6.07) is 0.387. The van der Waals surface area contributed by atoms with Gasteiger partial charge < -0.3 is 42.1 Å². The van der Waals surface area contributed by atoms with Gasteiger partial charge in [0.25, 0.3) is 0 Å². The van der Waals surface area contributed by atoms with Gasteiger partial charge in [0.1, 0.15) is 17.8 Å². The Morgan fingerprint density at radius 3 is 2.00 bits per heavy atom. The van der Waals surface area contributed by atoms with Crippen LogP contribution in [0.5, 0.6) is 5.75 Å². The molecule has 9 N–H and O–H groups in total. The molecule has 3 amide bonds. The van der Waals surface area contributed by atoms with Gasteiger partial charge >= 0.3 is 5.97 Å². The van der Waals surface area contributed by atoms with Crippen molar-refractivity contribution in [1.29, 1.82) is 0 Å². The molecule has 1 rings (SSSR count). The van der Waals surface area contributed by atoms with Crippen molar-refractivity contribution in [2.24, 2.45) is 5.73 Å². The largest absolute Gasteiger partial charge is 0.508 e. The monoisotopic (exact) mass is 472 g/mol. The molecule has 0 heterocycles. The second-order valence-corrected chi connectivity index (χ2v) is 7.39. The molecule has 0 fully saturated rings. The van der Waals surface area contributed by atoms with Gasteiger partial charge in [0.15, 0.2) is 6.04 Å². The Bertz CT molecular complexity index is 805. The van der Waals surface area contributed by atoms with Crippen molar-refractivity contribution in [2.75, 3.05) is 12.4 Å². The number of aliphatic hydroxyl groups is 2. The number of rotatable bonds is 12. The van der Waals surface area contributed by atoms with E-state index in [2.05, 4.69) is 23.3 Å². The number of nitrogens with two attached hydrogens (primary N) is 1. The number of aliphatic carboxylic acids is 1. The maximum atomic E-state index is 12.8. The molecule has 0 aliphatic carbocycles. The summed E-state index contributed by atoms with van der Waals surface area (Å²) in [5.41, 5.74) is 6.19. The standard InChI is InChI=1S/C19H28N4O8S/c1-9(25)15(19(30)31)23-18(29)14(7-24)22-17(28)13(21-16(27)12(20)8-32)6-10-2-4-11(26)5-3-10/h2-5,9,12-15,24-26,32H,6-8,20H2,1H3,(H,21,27)(H,22,28)(H,23,29)(H,30,31)/t9-,12+,13+,14+,15+/m1/s1. The van der Waals surface area contributed by atoms with Crippen LogP contribution < -0.4 is 21.7 Å². The summed E-state index contributed by atoms with van der Waals surface area (Å²) >= 11 is 3.93. The van der Waals surface area contributed by atoms with Crippen LogP contribution in [0.4, 0.5) is 0 Å². The van der Waals surface area contributed by atoms with Crippen LogP contribution in [0.1, 0.15) is 12.5 Å². The third-order valence-electron chi connectivity index (χ3n) is 4.40. The number of aliphatic hydroxyl groups excluding tert-OH is 2. The van der Waals surface area contributed by atoms with Gasteiger partial charge in [0.05, 0.1) is 18.8 Å². The highest BCUT2D eigenvalue weighted by Gasteiger charge is 2.31. The number of carbonyl (C=O) groups is 4. The van der Waals surface area contributed by atoms with Crippen molar-refractivity contribution >= 4 is 36.3 Å². The lowest BCUT2D eigenvalue weighted by atomic mass is 10.0. The van der Waals surface area contributed by atoms with Crippen LogP contribution in [0.3, 0.4) is 0 Å². The summed E-state index contributed by atoms with van der Waals surface area (Å²) in [5, 5.41) is 44.2. The normalized spacial score (nSPS) is 15.5.